The first kappa shape index (κ1) is 13.9. The molecule has 0 spiro atoms. The molecule has 0 fully saturated rings. The van der Waals surface area contributed by atoms with Crippen LogP contribution in [0.25, 0.3) is 10.9 Å². The van der Waals surface area contributed by atoms with Crippen molar-refractivity contribution >= 4 is 22.8 Å². The van der Waals surface area contributed by atoms with E-state index in [1.165, 1.54) is 14.0 Å². The third kappa shape index (κ3) is 2.40. The highest BCUT2D eigenvalue weighted by atomic mass is 16.5. The van der Waals surface area contributed by atoms with Gasteiger partial charge in [-0.25, -0.2) is 4.79 Å². The molecule has 5 heteroatoms. The van der Waals surface area contributed by atoms with Gasteiger partial charge in [-0.1, -0.05) is 32.0 Å². The van der Waals surface area contributed by atoms with Gasteiger partial charge in [-0.15, -0.1) is 0 Å². The van der Waals surface area contributed by atoms with Crippen LogP contribution >= 0.6 is 0 Å². The van der Waals surface area contributed by atoms with E-state index in [9.17, 15) is 9.59 Å². The zero-order valence-electron chi connectivity index (χ0n) is 10.9. The number of carbonyl (C=O) groups is 2. The lowest BCUT2D eigenvalue weighted by atomic mass is 10.2. The van der Waals surface area contributed by atoms with Crippen LogP contribution in [0.1, 0.15) is 31.3 Å². The van der Waals surface area contributed by atoms with E-state index in [0.29, 0.717) is 10.9 Å². The maximum Gasteiger partial charge on any atom is 0.434 e. The van der Waals surface area contributed by atoms with E-state index in [0.717, 1.165) is 4.68 Å². The second-order valence-electron chi connectivity index (χ2n) is 3.30. The molecular weight excluding hydrogens is 232 g/mol. The van der Waals surface area contributed by atoms with Gasteiger partial charge >= 0.3 is 6.09 Å². The zero-order chi connectivity index (χ0) is 13.7. The molecule has 0 unspecified atom stereocenters. The highest BCUT2D eigenvalue weighted by molar-refractivity contribution is 6.06. The van der Waals surface area contributed by atoms with Crippen molar-refractivity contribution in [2.75, 3.05) is 7.11 Å². The molecular formula is C13H16N2O3. The summed E-state index contributed by atoms with van der Waals surface area (Å²) in [4.78, 5) is 22.8. The fraction of sp³-hybridized carbons (Fsp3) is 0.308. The SMILES string of the molecule is CC.COC(=O)n1nc(C(C)=O)c2ccccc21. The van der Waals surface area contributed by atoms with Crippen LogP contribution in [0.2, 0.25) is 0 Å². The van der Waals surface area contributed by atoms with E-state index in [1.54, 1.807) is 24.3 Å². The summed E-state index contributed by atoms with van der Waals surface area (Å²) in [5, 5.41) is 4.61. The summed E-state index contributed by atoms with van der Waals surface area (Å²) in [5.41, 5.74) is 0.848. The topological polar surface area (TPSA) is 61.2 Å². The van der Waals surface area contributed by atoms with Crippen LogP contribution < -0.4 is 0 Å². The van der Waals surface area contributed by atoms with Crippen LogP contribution in [0.15, 0.2) is 24.3 Å². The van der Waals surface area contributed by atoms with Gasteiger partial charge < -0.3 is 4.74 Å². The van der Waals surface area contributed by atoms with Crippen LogP contribution in [0.4, 0.5) is 4.79 Å². The fourth-order valence-electron chi connectivity index (χ4n) is 1.55. The molecule has 0 aliphatic heterocycles. The zero-order valence-corrected chi connectivity index (χ0v) is 10.9. The Kier molecular flexibility index (Phi) is 4.59. The first-order valence-electron chi connectivity index (χ1n) is 5.72. The van der Waals surface area contributed by atoms with E-state index in [4.69, 9.17) is 0 Å². The summed E-state index contributed by atoms with van der Waals surface area (Å²) >= 11 is 0. The Morgan fingerprint density at radius 1 is 1.22 bits per heavy atom. The van der Waals surface area contributed by atoms with Crippen molar-refractivity contribution in [3.8, 4) is 0 Å². The van der Waals surface area contributed by atoms with E-state index >= 15 is 0 Å². The Balaban J connectivity index is 0.000000771. The molecule has 0 aliphatic carbocycles. The molecule has 18 heavy (non-hydrogen) atoms. The molecule has 2 rings (SSSR count). The van der Waals surface area contributed by atoms with Crippen molar-refractivity contribution in [3.63, 3.8) is 0 Å². The lowest BCUT2D eigenvalue weighted by molar-refractivity contribution is 0.101. The maximum absolute atomic E-state index is 11.4. The first-order valence-corrected chi connectivity index (χ1v) is 5.72. The number of hydrogen-bond acceptors (Lipinski definition) is 4. The molecule has 0 bridgehead atoms. The minimum Gasteiger partial charge on any atom is -0.451 e. The number of aromatic nitrogens is 2. The number of benzene rings is 1. The molecule has 0 N–H and O–H groups in total. The molecule has 1 aromatic carbocycles. The van der Waals surface area contributed by atoms with Crippen molar-refractivity contribution in [3.05, 3.63) is 30.0 Å². The monoisotopic (exact) mass is 248 g/mol. The number of nitrogens with zero attached hydrogens (tertiary/aromatic N) is 2. The van der Waals surface area contributed by atoms with Crippen molar-refractivity contribution < 1.29 is 14.3 Å². The fourth-order valence-corrected chi connectivity index (χ4v) is 1.55. The van der Waals surface area contributed by atoms with Gasteiger partial charge in [0, 0.05) is 12.3 Å². The number of carbonyl (C=O) groups excluding carboxylic acids is 2. The minimum absolute atomic E-state index is 0.182. The van der Waals surface area contributed by atoms with Crippen molar-refractivity contribution in [2.45, 2.75) is 20.8 Å². The van der Waals surface area contributed by atoms with Gasteiger partial charge in [-0.2, -0.15) is 9.78 Å². The Morgan fingerprint density at radius 2 is 1.83 bits per heavy atom. The average molecular weight is 248 g/mol. The molecule has 0 radical (unpaired) electrons. The van der Waals surface area contributed by atoms with Gasteiger partial charge in [-0.05, 0) is 6.07 Å². The predicted molar refractivity (Wildman–Crippen MR) is 68.9 cm³/mol. The third-order valence-corrected chi connectivity index (χ3v) is 2.27. The number of rotatable bonds is 1. The predicted octanol–water partition coefficient (Wildman–Crippen LogP) is 2.88. The lowest BCUT2D eigenvalue weighted by Gasteiger charge is -1.98. The molecule has 0 amide bonds. The van der Waals surface area contributed by atoms with Crippen LogP contribution in [-0.4, -0.2) is 28.8 Å². The average Bonchev–Trinajstić information content (AvgIpc) is 2.80. The lowest BCUT2D eigenvalue weighted by Crippen LogP contribution is -2.13. The van der Waals surface area contributed by atoms with Crippen LogP contribution in [-0.2, 0) is 4.74 Å². The molecule has 0 saturated carbocycles. The summed E-state index contributed by atoms with van der Waals surface area (Å²) < 4.78 is 5.68. The van der Waals surface area contributed by atoms with E-state index in [2.05, 4.69) is 9.84 Å². The highest BCUT2D eigenvalue weighted by Gasteiger charge is 2.17. The maximum atomic E-state index is 11.4. The number of methoxy groups -OCH3 is 1. The second kappa shape index (κ2) is 5.95. The molecule has 1 heterocycles. The van der Waals surface area contributed by atoms with Crippen molar-refractivity contribution in [2.24, 2.45) is 0 Å². The second-order valence-corrected chi connectivity index (χ2v) is 3.30. The van der Waals surface area contributed by atoms with Gasteiger partial charge in [0.1, 0.15) is 5.69 Å². The number of hydrogen-bond donors (Lipinski definition) is 0. The van der Waals surface area contributed by atoms with Gasteiger partial charge in [0.25, 0.3) is 0 Å². The Hall–Kier alpha value is -2.17. The molecule has 1 aromatic heterocycles. The van der Waals surface area contributed by atoms with Crippen LogP contribution in [0.3, 0.4) is 0 Å². The molecule has 0 saturated heterocycles. The smallest absolute Gasteiger partial charge is 0.434 e. The first-order chi connectivity index (χ1) is 8.65. The van der Waals surface area contributed by atoms with Crippen LogP contribution in [0.5, 0.6) is 0 Å². The quantitative estimate of drug-likeness (QED) is 0.728. The normalized spacial score (nSPS) is 9.56. The van der Waals surface area contributed by atoms with Crippen LogP contribution in [0, 0.1) is 0 Å². The van der Waals surface area contributed by atoms with Gasteiger partial charge in [-0.3, -0.25) is 4.79 Å². The number of para-hydroxylation sites is 1. The summed E-state index contributed by atoms with van der Waals surface area (Å²) in [5.74, 6) is -0.182. The summed E-state index contributed by atoms with van der Waals surface area (Å²) in [6, 6.07) is 7.02. The Labute approximate surface area is 105 Å². The van der Waals surface area contributed by atoms with E-state index < -0.39 is 6.09 Å². The Bertz CT molecular complexity index is 573. The van der Waals surface area contributed by atoms with Gasteiger partial charge in [0.05, 0.1) is 12.6 Å². The summed E-state index contributed by atoms with van der Waals surface area (Å²) in [6.45, 7) is 5.41. The number of ether oxygens (including phenoxy) is 1. The largest absolute Gasteiger partial charge is 0.451 e. The van der Waals surface area contributed by atoms with Crippen molar-refractivity contribution in [1.82, 2.24) is 9.78 Å². The van der Waals surface area contributed by atoms with E-state index in [1.807, 2.05) is 13.8 Å². The molecule has 96 valence electrons. The van der Waals surface area contributed by atoms with Crippen molar-refractivity contribution in [1.29, 1.82) is 0 Å². The van der Waals surface area contributed by atoms with E-state index in [-0.39, 0.29) is 11.5 Å². The standard InChI is InChI=1S/C11H10N2O3.C2H6/c1-7(14)10-8-5-3-4-6-9(8)13(12-10)11(15)16-2;1-2/h3-6H,1-2H3;1-2H3. The number of Topliss-reactive ketones (excluding diaryl/α,β-unsaturated/α-hetero) is 1. The Morgan fingerprint density at radius 3 is 2.39 bits per heavy atom. The number of fused-ring (bicyclic) bond motifs is 1. The molecule has 2 aromatic rings. The summed E-state index contributed by atoms with van der Waals surface area (Å²) in [7, 11) is 1.27. The molecule has 0 atom stereocenters. The highest BCUT2D eigenvalue weighted by Crippen LogP contribution is 2.18. The number of ketones is 1. The van der Waals surface area contributed by atoms with Gasteiger partial charge in [0.2, 0.25) is 0 Å². The summed E-state index contributed by atoms with van der Waals surface area (Å²) in [6.07, 6.45) is -0.608. The molecule has 0 aliphatic rings. The van der Waals surface area contributed by atoms with Gasteiger partial charge in [0.15, 0.2) is 5.78 Å². The minimum atomic E-state index is -0.608. The third-order valence-electron chi connectivity index (χ3n) is 2.27. The molecule has 5 nitrogen and oxygen atoms in total.